The number of carbonyl (C=O) groups is 2. The van der Waals surface area contributed by atoms with E-state index in [-0.39, 0.29) is 23.3 Å². The minimum atomic E-state index is -1.23. The summed E-state index contributed by atoms with van der Waals surface area (Å²) in [5, 5.41) is 4.16. The maximum atomic E-state index is 13.3. The molecule has 0 atom stereocenters. The quantitative estimate of drug-likeness (QED) is 0.199. The molecule has 1 saturated carbocycles. The van der Waals surface area contributed by atoms with Gasteiger partial charge in [-0.3, -0.25) is 4.79 Å². The number of nitrogens with one attached hydrogen (secondary N) is 1. The Hall–Kier alpha value is -3.48. The van der Waals surface area contributed by atoms with Gasteiger partial charge in [0.25, 0.3) is 0 Å². The van der Waals surface area contributed by atoms with Crippen molar-refractivity contribution in [3.8, 4) is 11.3 Å². The molecule has 260 valence electrons. The van der Waals surface area contributed by atoms with Gasteiger partial charge in [-0.2, -0.15) is 0 Å². The summed E-state index contributed by atoms with van der Waals surface area (Å²) in [4.78, 5) is 39.2. The summed E-state index contributed by atoms with van der Waals surface area (Å²) >= 11 is 0. The highest BCUT2D eigenvalue weighted by atomic mass is 28.3. The average Bonchev–Trinajstić information content (AvgIpc) is 3.40. The minimum absolute atomic E-state index is 0.0288. The molecule has 4 heterocycles. The SMILES string of the molecule is CC(C)(C)OC(=O)N1CC2(CCC(C(=O)Nc3ccc(-c4cc5c(N6CCOCC6)ncnc5n4COCC[Si](C)(C)C)cc3)CC2)C1. The van der Waals surface area contributed by atoms with Gasteiger partial charge in [-0.05, 0) is 76.3 Å². The minimum Gasteiger partial charge on any atom is -0.444 e. The largest absolute Gasteiger partial charge is 0.444 e. The zero-order valence-corrected chi connectivity index (χ0v) is 30.5. The smallest absolute Gasteiger partial charge is 0.410 e. The summed E-state index contributed by atoms with van der Waals surface area (Å²) in [6.07, 6.45) is 4.96. The number of hydrogen-bond acceptors (Lipinski definition) is 8. The monoisotopic (exact) mass is 676 g/mol. The van der Waals surface area contributed by atoms with Gasteiger partial charge in [-0.1, -0.05) is 31.8 Å². The third-order valence-corrected chi connectivity index (χ3v) is 11.5. The van der Waals surface area contributed by atoms with E-state index in [9.17, 15) is 9.59 Å². The van der Waals surface area contributed by atoms with Gasteiger partial charge in [0, 0.05) is 57.9 Å². The predicted octanol–water partition coefficient (Wildman–Crippen LogP) is 6.61. The van der Waals surface area contributed by atoms with Crippen LogP contribution in [0.5, 0.6) is 0 Å². The van der Waals surface area contributed by atoms with Gasteiger partial charge in [0.2, 0.25) is 5.91 Å². The van der Waals surface area contributed by atoms with E-state index in [1.165, 1.54) is 0 Å². The van der Waals surface area contributed by atoms with Gasteiger partial charge >= 0.3 is 6.09 Å². The van der Waals surface area contributed by atoms with Gasteiger partial charge in [-0.15, -0.1) is 0 Å². The number of morpholine rings is 1. The zero-order valence-electron chi connectivity index (χ0n) is 29.5. The summed E-state index contributed by atoms with van der Waals surface area (Å²) in [7, 11) is -1.23. The number of anilines is 2. The summed E-state index contributed by atoms with van der Waals surface area (Å²) in [5.74, 6) is 0.957. The van der Waals surface area contributed by atoms with Crippen LogP contribution in [0, 0.1) is 11.3 Å². The zero-order chi connectivity index (χ0) is 34.1. The van der Waals surface area contributed by atoms with Crippen LogP contribution in [0.2, 0.25) is 25.7 Å². The van der Waals surface area contributed by atoms with Gasteiger partial charge in [-0.25, -0.2) is 14.8 Å². The van der Waals surface area contributed by atoms with Crippen LogP contribution in [0.1, 0.15) is 46.5 Å². The molecule has 1 aliphatic carbocycles. The molecule has 6 rings (SSSR count). The molecule has 1 aromatic carbocycles. The number of hydrogen-bond donors (Lipinski definition) is 1. The van der Waals surface area contributed by atoms with E-state index in [1.807, 2.05) is 32.9 Å². The standard InChI is InChI=1S/C36H52N6O5Si/c1-35(2,3)47-34(44)41-22-36(23-41)13-11-27(12-14-36)33(43)39-28-9-7-26(8-10-28)30-21-29-31(40-15-17-45-18-16-40)37-24-38-32(29)42(30)25-46-19-20-48(4,5)6/h7-10,21,24,27H,11-20,22-23,25H2,1-6H3,(H,39,43). The normalized spacial score (nSPS) is 18.6. The number of nitrogens with zero attached hydrogens (tertiary/aromatic N) is 5. The first-order valence-corrected chi connectivity index (χ1v) is 21.1. The third kappa shape index (κ3) is 8.03. The summed E-state index contributed by atoms with van der Waals surface area (Å²) in [6, 6.07) is 11.3. The Balaban J connectivity index is 1.11. The molecule has 0 unspecified atom stereocenters. The van der Waals surface area contributed by atoms with E-state index in [1.54, 1.807) is 11.2 Å². The second-order valence-corrected chi connectivity index (χ2v) is 21.6. The van der Waals surface area contributed by atoms with Crippen LogP contribution in [-0.4, -0.2) is 91.1 Å². The van der Waals surface area contributed by atoms with Crippen molar-refractivity contribution in [3.63, 3.8) is 0 Å². The van der Waals surface area contributed by atoms with Crippen molar-refractivity contribution in [2.45, 2.75) is 84.5 Å². The lowest BCUT2D eigenvalue weighted by Gasteiger charge is -2.53. The molecule has 2 aromatic heterocycles. The van der Waals surface area contributed by atoms with Gasteiger partial charge < -0.3 is 33.9 Å². The fourth-order valence-corrected chi connectivity index (χ4v) is 7.73. The Morgan fingerprint density at radius 2 is 1.73 bits per heavy atom. The molecule has 1 spiro atoms. The topological polar surface area (TPSA) is 111 Å². The lowest BCUT2D eigenvalue weighted by atomic mass is 9.66. The third-order valence-electron chi connectivity index (χ3n) is 9.77. The Morgan fingerprint density at radius 3 is 2.38 bits per heavy atom. The molecule has 12 heteroatoms. The average molecular weight is 677 g/mol. The van der Waals surface area contributed by atoms with Crippen molar-refractivity contribution in [2.24, 2.45) is 11.3 Å². The summed E-state index contributed by atoms with van der Waals surface area (Å²) in [5.41, 5.74) is 3.29. The lowest BCUT2D eigenvalue weighted by molar-refractivity contribution is -0.123. The van der Waals surface area contributed by atoms with Crippen molar-refractivity contribution in [1.82, 2.24) is 19.4 Å². The van der Waals surface area contributed by atoms with Crippen molar-refractivity contribution >= 4 is 42.6 Å². The van der Waals surface area contributed by atoms with Gasteiger partial charge in [0.1, 0.15) is 30.1 Å². The molecule has 11 nitrogen and oxygen atoms in total. The van der Waals surface area contributed by atoms with Crippen LogP contribution in [0.25, 0.3) is 22.3 Å². The molecule has 2 aliphatic heterocycles. The molecule has 3 aliphatic rings. The molecule has 48 heavy (non-hydrogen) atoms. The van der Waals surface area contributed by atoms with Gasteiger partial charge in [0.15, 0.2) is 0 Å². The first kappa shape index (κ1) is 34.4. The number of fused-ring (bicyclic) bond motifs is 1. The van der Waals surface area contributed by atoms with E-state index < -0.39 is 13.7 Å². The number of benzene rings is 1. The van der Waals surface area contributed by atoms with E-state index in [0.717, 1.165) is 91.7 Å². The number of likely N-dealkylation sites (tertiary alicyclic amines) is 1. The number of carbonyl (C=O) groups excluding carboxylic acids is 2. The lowest BCUT2D eigenvalue weighted by Crippen LogP contribution is -2.60. The van der Waals surface area contributed by atoms with Crippen molar-refractivity contribution < 1.29 is 23.8 Å². The molecule has 1 N–H and O–H groups in total. The highest BCUT2D eigenvalue weighted by Gasteiger charge is 2.48. The van der Waals surface area contributed by atoms with Crippen molar-refractivity contribution in [3.05, 3.63) is 36.7 Å². The maximum Gasteiger partial charge on any atom is 0.410 e. The Labute approximate surface area is 285 Å². The number of rotatable bonds is 9. The number of amides is 2. The van der Waals surface area contributed by atoms with E-state index >= 15 is 0 Å². The van der Waals surface area contributed by atoms with Crippen LogP contribution < -0.4 is 10.2 Å². The van der Waals surface area contributed by atoms with Crippen molar-refractivity contribution in [1.29, 1.82) is 0 Å². The van der Waals surface area contributed by atoms with Crippen molar-refractivity contribution in [2.75, 3.05) is 56.2 Å². The predicted molar refractivity (Wildman–Crippen MR) is 191 cm³/mol. The molecule has 2 amide bonds. The fraction of sp³-hybridized carbons (Fsp3) is 0.611. The van der Waals surface area contributed by atoms with Crippen LogP contribution >= 0.6 is 0 Å². The molecule has 0 bridgehead atoms. The molecular formula is C36H52N6O5Si. The molecule has 3 aromatic rings. The van der Waals surface area contributed by atoms with Crippen LogP contribution in [0.15, 0.2) is 36.7 Å². The van der Waals surface area contributed by atoms with E-state index in [2.05, 4.69) is 57.6 Å². The Bertz CT molecular complexity index is 1590. The maximum absolute atomic E-state index is 13.3. The van der Waals surface area contributed by atoms with Gasteiger partial charge in [0.05, 0.1) is 24.3 Å². The summed E-state index contributed by atoms with van der Waals surface area (Å²) < 4.78 is 19.5. The highest BCUT2D eigenvalue weighted by Crippen LogP contribution is 2.46. The Morgan fingerprint density at radius 1 is 1.04 bits per heavy atom. The molecule has 3 fully saturated rings. The van der Waals surface area contributed by atoms with Crippen LogP contribution in [-0.2, 0) is 25.7 Å². The fourth-order valence-electron chi connectivity index (χ4n) is 6.98. The van der Waals surface area contributed by atoms with E-state index in [0.29, 0.717) is 26.6 Å². The second kappa shape index (κ2) is 13.8. The molecule has 0 radical (unpaired) electrons. The first-order chi connectivity index (χ1) is 22.8. The highest BCUT2D eigenvalue weighted by molar-refractivity contribution is 6.76. The van der Waals surface area contributed by atoms with E-state index in [4.69, 9.17) is 19.2 Å². The molecule has 2 saturated heterocycles. The van der Waals surface area contributed by atoms with Crippen LogP contribution in [0.3, 0.4) is 0 Å². The first-order valence-electron chi connectivity index (χ1n) is 17.4. The second-order valence-electron chi connectivity index (χ2n) is 16.0. The Kier molecular flexibility index (Phi) is 9.88. The summed E-state index contributed by atoms with van der Waals surface area (Å²) in [6.45, 7) is 18.2. The molecular weight excluding hydrogens is 625 g/mol. The van der Waals surface area contributed by atoms with Crippen LogP contribution in [0.4, 0.5) is 16.3 Å². The number of aromatic nitrogens is 3. The number of ether oxygens (including phenoxy) is 3.